The van der Waals surface area contributed by atoms with Gasteiger partial charge >= 0.3 is 23.8 Å². The van der Waals surface area contributed by atoms with Crippen molar-refractivity contribution < 1.29 is 24.3 Å². The molecule has 0 bridgehead atoms. The van der Waals surface area contributed by atoms with Crippen molar-refractivity contribution in [3.05, 3.63) is 0 Å². The number of nitrogens with one attached hydrogen (secondary N) is 1. The number of likely N-dealkylation sites (N-methyl/N-ethyl adjacent to an activating group) is 1. The van der Waals surface area contributed by atoms with Crippen molar-refractivity contribution in [2.45, 2.75) is 39.2 Å². The summed E-state index contributed by atoms with van der Waals surface area (Å²) >= 11 is 0. The van der Waals surface area contributed by atoms with E-state index in [1.165, 1.54) is 4.90 Å². The maximum Gasteiger partial charge on any atom is 0.326 e. The SMILES string of the molecule is CCN1CCN(C(=O)NC(C(=O)O)C2(CC)CC2)C(=O)C1=O. The van der Waals surface area contributed by atoms with Crippen LogP contribution in [0.15, 0.2) is 0 Å². The fourth-order valence-corrected chi connectivity index (χ4v) is 2.86. The van der Waals surface area contributed by atoms with E-state index in [0.29, 0.717) is 13.0 Å². The molecule has 0 aromatic rings. The number of piperazine rings is 1. The van der Waals surface area contributed by atoms with Gasteiger partial charge in [0.2, 0.25) is 0 Å². The summed E-state index contributed by atoms with van der Waals surface area (Å²) < 4.78 is 0. The average molecular weight is 311 g/mol. The third-order valence-electron chi connectivity index (χ3n) is 4.66. The molecule has 1 aliphatic carbocycles. The van der Waals surface area contributed by atoms with Gasteiger partial charge < -0.3 is 15.3 Å². The lowest BCUT2D eigenvalue weighted by Crippen LogP contribution is -2.60. The molecular formula is C14H21N3O5. The van der Waals surface area contributed by atoms with Crippen molar-refractivity contribution in [2.75, 3.05) is 19.6 Å². The highest BCUT2D eigenvalue weighted by Crippen LogP contribution is 2.51. The first kappa shape index (κ1) is 16.3. The second kappa shape index (κ2) is 5.94. The summed E-state index contributed by atoms with van der Waals surface area (Å²) in [4.78, 5) is 49.5. The van der Waals surface area contributed by atoms with Crippen molar-refractivity contribution in [3.8, 4) is 0 Å². The number of nitrogens with zero attached hydrogens (tertiary/aromatic N) is 2. The summed E-state index contributed by atoms with van der Waals surface area (Å²) in [6.45, 7) is 4.38. The lowest BCUT2D eigenvalue weighted by atomic mass is 9.93. The molecule has 2 aliphatic rings. The fraction of sp³-hybridized carbons (Fsp3) is 0.714. The zero-order valence-electron chi connectivity index (χ0n) is 12.8. The first-order chi connectivity index (χ1) is 10.4. The van der Waals surface area contributed by atoms with E-state index in [0.717, 1.165) is 17.7 Å². The van der Waals surface area contributed by atoms with E-state index in [2.05, 4.69) is 5.32 Å². The van der Waals surface area contributed by atoms with Crippen LogP contribution in [0.3, 0.4) is 0 Å². The van der Waals surface area contributed by atoms with Crippen molar-refractivity contribution in [1.82, 2.24) is 15.1 Å². The Bertz CT molecular complexity index is 515. The smallest absolute Gasteiger partial charge is 0.326 e. The number of urea groups is 1. The standard InChI is InChI=1S/C14H21N3O5/c1-3-14(5-6-14)9(12(20)21)15-13(22)17-8-7-16(4-2)10(18)11(17)19/h9H,3-8H2,1-2H3,(H,15,22)(H,20,21). The van der Waals surface area contributed by atoms with E-state index < -0.39 is 35.3 Å². The lowest BCUT2D eigenvalue weighted by Gasteiger charge is -2.33. The number of imide groups is 1. The van der Waals surface area contributed by atoms with Gasteiger partial charge in [-0.2, -0.15) is 0 Å². The van der Waals surface area contributed by atoms with E-state index >= 15 is 0 Å². The Balaban J connectivity index is 2.07. The van der Waals surface area contributed by atoms with Gasteiger partial charge in [0.05, 0.1) is 0 Å². The summed E-state index contributed by atoms with van der Waals surface area (Å²) in [6.07, 6.45) is 2.11. The van der Waals surface area contributed by atoms with Crippen LogP contribution in [0.1, 0.15) is 33.1 Å². The predicted octanol–water partition coefficient (Wildman–Crippen LogP) is 0.0301. The van der Waals surface area contributed by atoms with Crippen molar-refractivity contribution in [1.29, 1.82) is 0 Å². The summed E-state index contributed by atoms with van der Waals surface area (Å²) in [7, 11) is 0. The maximum atomic E-state index is 12.2. The molecule has 4 amide bonds. The fourth-order valence-electron chi connectivity index (χ4n) is 2.86. The van der Waals surface area contributed by atoms with Crippen molar-refractivity contribution in [2.24, 2.45) is 5.41 Å². The molecule has 8 heteroatoms. The summed E-state index contributed by atoms with van der Waals surface area (Å²) in [6, 6.07) is -1.83. The first-order valence-corrected chi connectivity index (χ1v) is 7.50. The van der Waals surface area contributed by atoms with Gasteiger partial charge in [-0.05, 0) is 26.2 Å². The second-order valence-corrected chi connectivity index (χ2v) is 5.78. The highest BCUT2D eigenvalue weighted by molar-refractivity contribution is 6.38. The van der Waals surface area contributed by atoms with E-state index in [-0.39, 0.29) is 13.1 Å². The molecule has 2 fully saturated rings. The zero-order chi connectivity index (χ0) is 16.5. The number of rotatable bonds is 5. The molecule has 2 N–H and O–H groups in total. The molecule has 1 heterocycles. The van der Waals surface area contributed by atoms with E-state index in [1.807, 2.05) is 6.92 Å². The van der Waals surface area contributed by atoms with Gasteiger partial charge in [-0.1, -0.05) is 6.92 Å². The van der Waals surface area contributed by atoms with Crippen molar-refractivity contribution >= 4 is 23.8 Å². The number of hydrogen-bond donors (Lipinski definition) is 2. The van der Waals surface area contributed by atoms with Crippen molar-refractivity contribution in [3.63, 3.8) is 0 Å². The monoisotopic (exact) mass is 311 g/mol. The molecule has 0 spiro atoms. The Morgan fingerprint density at radius 1 is 1.23 bits per heavy atom. The Kier molecular flexibility index (Phi) is 4.39. The van der Waals surface area contributed by atoms with Crippen LogP contribution in [0.2, 0.25) is 0 Å². The molecule has 1 saturated heterocycles. The number of hydrogen-bond acceptors (Lipinski definition) is 4. The third-order valence-corrected chi connectivity index (χ3v) is 4.66. The van der Waals surface area contributed by atoms with Gasteiger partial charge in [0, 0.05) is 25.0 Å². The topological polar surface area (TPSA) is 107 Å². The molecule has 8 nitrogen and oxygen atoms in total. The molecule has 0 radical (unpaired) electrons. The molecule has 122 valence electrons. The van der Waals surface area contributed by atoms with Crippen LogP contribution in [0.25, 0.3) is 0 Å². The van der Waals surface area contributed by atoms with Crippen LogP contribution in [0, 0.1) is 5.41 Å². The molecule has 0 aromatic heterocycles. The Labute approximate surface area is 128 Å². The largest absolute Gasteiger partial charge is 0.480 e. The molecular weight excluding hydrogens is 290 g/mol. The molecule has 1 saturated carbocycles. The lowest BCUT2D eigenvalue weighted by molar-refractivity contribution is -0.153. The number of carboxylic acid groups (broad SMARTS) is 1. The summed E-state index contributed by atoms with van der Waals surface area (Å²) in [5.74, 6) is -2.75. The quantitative estimate of drug-likeness (QED) is 0.697. The molecule has 22 heavy (non-hydrogen) atoms. The first-order valence-electron chi connectivity index (χ1n) is 7.50. The number of carbonyl (C=O) groups excluding carboxylic acids is 3. The van der Waals surface area contributed by atoms with E-state index in [1.54, 1.807) is 6.92 Å². The minimum absolute atomic E-state index is 0.0791. The van der Waals surface area contributed by atoms with Gasteiger partial charge in [-0.3, -0.25) is 14.5 Å². The third kappa shape index (κ3) is 2.77. The number of amides is 4. The normalized spacial score (nSPS) is 21.5. The zero-order valence-corrected chi connectivity index (χ0v) is 12.8. The minimum Gasteiger partial charge on any atom is -0.480 e. The minimum atomic E-state index is -1.11. The van der Waals surface area contributed by atoms with Gasteiger partial charge in [0.25, 0.3) is 0 Å². The molecule has 1 atom stereocenters. The van der Waals surface area contributed by atoms with Gasteiger partial charge in [-0.15, -0.1) is 0 Å². The summed E-state index contributed by atoms with van der Waals surface area (Å²) in [5.41, 5.74) is -0.431. The van der Waals surface area contributed by atoms with Crippen LogP contribution in [0.4, 0.5) is 4.79 Å². The van der Waals surface area contributed by atoms with Gasteiger partial charge in [0.15, 0.2) is 0 Å². The van der Waals surface area contributed by atoms with Crippen LogP contribution in [-0.4, -0.2) is 64.4 Å². The second-order valence-electron chi connectivity index (χ2n) is 5.78. The molecule has 1 aliphatic heterocycles. The number of carbonyl (C=O) groups is 4. The highest BCUT2D eigenvalue weighted by Gasteiger charge is 2.52. The highest BCUT2D eigenvalue weighted by atomic mass is 16.4. The number of aliphatic carboxylic acids is 1. The van der Waals surface area contributed by atoms with Gasteiger partial charge in [0.1, 0.15) is 6.04 Å². The van der Waals surface area contributed by atoms with Gasteiger partial charge in [-0.25, -0.2) is 9.59 Å². The molecule has 0 aromatic carbocycles. The van der Waals surface area contributed by atoms with Crippen LogP contribution in [-0.2, 0) is 14.4 Å². The maximum absolute atomic E-state index is 12.2. The van der Waals surface area contributed by atoms with Crippen LogP contribution < -0.4 is 5.32 Å². The Morgan fingerprint density at radius 3 is 2.32 bits per heavy atom. The van der Waals surface area contributed by atoms with E-state index in [9.17, 15) is 24.3 Å². The van der Waals surface area contributed by atoms with Crippen LogP contribution in [0.5, 0.6) is 0 Å². The predicted molar refractivity (Wildman–Crippen MR) is 75.9 cm³/mol. The number of carboxylic acids is 1. The Morgan fingerprint density at radius 2 is 1.86 bits per heavy atom. The van der Waals surface area contributed by atoms with Crippen LogP contribution >= 0.6 is 0 Å². The average Bonchev–Trinajstić information content (AvgIpc) is 3.28. The molecule has 1 unspecified atom stereocenters. The van der Waals surface area contributed by atoms with E-state index in [4.69, 9.17) is 0 Å². The Hall–Kier alpha value is -2.12. The summed E-state index contributed by atoms with van der Waals surface area (Å²) in [5, 5.41) is 11.8. The molecule has 2 rings (SSSR count).